The van der Waals surface area contributed by atoms with E-state index in [-0.39, 0.29) is 5.41 Å². The molecule has 0 saturated heterocycles. The highest BCUT2D eigenvalue weighted by Crippen LogP contribution is 2.54. The van der Waals surface area contributed by atoms with Crippen LogP contribution in [0.15, 0.2) is 186 Å². The predicted molar refractivity (Wildman–Crippen MR) is 239 cm³/mol. The van der Waals surface area contributed by atoms with Crippen molar-refractivity contribution in [2.45, 2.75) is 19.3 Å². The first-order valence-corrected chi connectivity index (χ1v) is 19.8. The molecule has 0 fully saturated rings. The molecule has 0 radical (unpaired) electrons. The summed E-state index contributed by atoms with van der Waals surface area (Å²) in [5.41, 5.74) is 14.0. The van der Waals surface area contributed by atoms with E-state index < -0.39 is 0 Å². The standard InChI is InChI=1S/C53H36N4O/c1-53(2)42-21-10-6-19-38(42)50-43(53)22-14-25-46(50)56(35-29-27-34(28-30-35)33-15-4-3-5-16-33)51-39-20-7-11-23-44(39)54-52(55-51)57-45-24-12-8-17-36(45)40-32-49-41(31-47(40)57)37-18-9-13-26-48(37)58-49/h3-32H,1-2H3. The van der Waals surface area contributed by atoms with E-state index in [1.807, 2.05) is 12.1 Å². The number of nitrogens with zero attached hydrogens (tertiary/aromatic N) is 4. The predicted octanol–water partition coefficient (Wildman–Crippen LogP) is 14.1. The van der Waals surface area contributed by atoms with Gasteiger partial charge in [0.1, 0.15) is 11.2 Å². The van der Waals surface area contributed by atoms with E-state index >= 15 is 0 Å². The van der Waals surface area contributed by atoms with Crippen LogP contribution in [-0.2, 0) is 5.41 Å². The summed E-state index contributed by atoms with van der Waals surface area (Å²) >= 11 is 0. The average Bonchev–Trinajstić information content (AvgIpc) is 3.88. The topological polar surface area (TPSA) is 47.1 Å². The zero-order valence-corrected chi connectivity index (χ0v) is 32.0. The molecule has 0 unspecified atom stereocenters. The lowest BCUT2D eigenvalue weighted by atomic mass is 9.82. The van der Waals surface area contributed by atoms with Gasteiger partial charge in [-0.1, -0.05) is 141 Å². The van der Waals surface area contributed by atoms with Crippen LogP contribution in [0.5, 0.6) is 0 Å². The highest BCUT2D eigenvalue weighted by molar-refractivity contribution is 6.17. The van der Waals surface area contributed by atoms with Gasteiger partial charge >= 0.3 is 0 Å². The Labute approximate surface area is 335 Å². The zero-order chi connectivity index (χ0) is 38.5. The minimum atomic E-state index is -0.171. The van der Waals surface area contributed by atoms with Crippen molar-refractivity contribution in [3.63, 3.8) is 0 Å². The quantitative estimate of drug-likeness (QED) is 0.176. The molecule has 3 heterocycles. The molecule has 0 amide bonds. The summed E-state index contributed by atoms with van der Waals surface area (Å²) in [6, 6.07) is 64.6. The Morgan fingerprint density at radius 2 is 1.19 bits per heavy atom. The number of fused-ring (bicyclic) bond motifs is 10. The molecule has 0 aliphatic heterocycles. The van der Waals surface area contributed by atoms with Gasteiger partial charge < -0.3 is 4.42 Å². The molecule has 8 aromatic carbocycles. The van der Waals surface area contributed by atoms with Gasteiger partial charge in [-0.2, -0.15) is 4.98 Å². The van der Waals surface area contributed by atoms with Crippen molar-refractivity contribution in [3.8, 4) is 28.2 Å². The van der Waals surface area contributed by atoms with Crippen LogP contribution in [0.3, 0.4) is 0 Å². The van der Waals surface area contributed by atoms with Gasteiger partial charge in [0.05, 0.1) is 22.2 Å². The van der Waals surface area contributed by atoms with Gasteiger partial charge in [-0.25, -0.2) is 4.98 Å². The van der Waals surface area contributed by atoms with Crippen LogP contribution < -0.4 is 4.90 Å². The van der Waals surface area contributed by atoms with Crippen LogP contribution in [0.1, 0.15) is 25.0 Å². The van der Waals surface area contributed by atoms with Crippen molar-refractivity contribution >= 4 is 71.8 Å². The molecule has 0 spiro atoms. The summed E-state index contributed by atoms with van der Waals surface area (Å²) in [6.07, 6.45) is 0. The van der Waals surface area contributed by atoms with Gasteiger partial charge in [0.25, 0.3) is 0 Å². The second-order valence-electron chi connectivity index (χ2n) is 15.8. The van der Waals surface area contributed by atoms with E-state index in [2.05, 4.69) is 193 Å². The molecule has 0 bridgehead atoms. The van der Waals surface area contributed by atoms with Crippen molar-refractivity contribution in [1.29, 1.82) is 0 Å². The van der Waals surface area contributed by atoms with Crippen LogP contribution in [-0.4, -0.2) is 14.5 Å². The Morgan fingerprint density at radius 3 is 2.05 bits per heavy atom. The maximum Gasteiger partial charge on any atom is 0.237 e. The number of anilines is 3. The van der Waals surface area contributed by atoms with Gasteiger partial charge in [-0.3, -0.25) is 9.47 Å². The molecule has 12 rings (SSSR count). The third-order valence-corrected chi connectivity index (χ3v) is 12.2. The summed E-state index contributed by atoms with van der Waals surface area (Å²) in [6.45, 7) is 4.67. The van der Waals surface area contributed by atoms with Crippen LogP contribution in [0.2, 0.25) is 0 Å². The SMILES string of the molecule is CC1(C)c2ccccc2-c2c(N(c3ccc(-c4ccccc4)cc3)c3nc(-n4c5ccccc5c5cc6oc7ccccc7c6cc54)nc4ccccc34)cccc21. The number of para-hydroxylation sites is 3. The average molecular weight is 745 g/mol. The molecular formula is C53H36N4O. The molecule has 0 N–H and O–H groups in total. The van der Waals surface area contributed by atoms with Crippen LogP contribution in [0, 0.1) is 0 Å². The number of furan rings is 1. The van der Waals surface area contributed by atoms with Crippen LogP contribution in [0.25, 0.3) is 82.8 Å². The second-order valence-corrected chi connectivity index (χ2v) is 15.8. The van der Waals surface area contributed by atoms with Gasteiger partial charge in [-0.15, -0.1) is 0 Å². The van der Waals surface area contributed by atoms with Crippen molar-refractivity contribution in [3.05, 3.63) is 193 Å². The number of rotatable bonds is 5. The maximum absolute atomic E-state index is 6.40. The summed E-state index contributed by atoms with van der Waals surface area (Å²) in [4.78, 5) is 13.4. The summed E-state index contributed by atoms with van der Waals surface area (Å²) in [5, 5.41) is 5.32. The third-order valence-electron chi connectivity index (χ3n) is 12.2. The minimum Gasteiger partial charge on any atom is -0.456 e. The minimum absolute atomic E-state index is 0.171. The second kappa shape index (κ2) is 12.2. The number of hydrogen-bond donors (Lipinski definition) is 0. The Morgan fingerprint density at radius 1 is 0.500 bits per heavy atom. The fourth-order valence-corrected chi connectivity index (χ4v) is 9.45. The Balaban J connectivity index is 1.16. The van der Waals surface area contributed by atoms with Gasteiger partial charge in [0.2, 0.25) is 5.95 Å². The fourth-order valence-electron chi connectivity index (χ4n) is 9.45. The summed E-state index contributed by atoms with van der Waals surface area (Å²) < 4.78 is 8.62. The van der Waals surface area contributed by atoms with E-state index in [1.54, 1.807) is 0 Å². The smallest absolute Gasteiger partial charge is 0.237 e. The largest absolute Gasteiger partial charge is 0.456 e. The molecule has 3 aromatic heterocycles. The van der Waals surface area contributed by atoms with Gasteiger partial charge in [0.15, 0.2) is 5.82 Å². The van der Waals surface area contributed by atoms with Crippen LogP contribution in [0.4, 0.5) is 17.2 Å². The van der Waals surface area contributed by atoms with Crippen molar-refractivity contribution < 1.29 is 4.42 Å². The Bertz CT molecular complexity index is 3430. The number of benzene rings is 8. The molecule has 1 aliphatic carbocycles. The highest BCUT2D eigenvalue weighted by Gasteiger charge is 2.38. The molecule has 274 valence electrons. The molecule has 0 saturated carbocycles. The first-order valence-electron chi connectivity index (χ1n) is 19.8. The molecule has 1 aliphatic rings. The van der Waals surface area contributed by atoms with Gasteiger partial charge in [0, 0.05) is 43.6 Å². The fraction of sp³-hybridized carbons (Fsp3) is 0.0566. The van der Waals surface area contributed by atoms with E-state index in [0.717, 1.165) is 77.4 Å². The summed E-state index contributed by atoms with van der Waals surface area (Å²) in [7, 11) is 0. The molecule has 5 nitrogen and oxygen atoms in total. The lowest BCUT2D eigenvalue weighted by molar-refractivity contribution is 0.660. The van der Waals surface area contributed by atoms with Gasteiger partial charge in [-0.05, 0) is 82.4 Å². The van der Waals surface area contributed by atoms with E-state index in [9.17, 15) is 0 Å². The normalized spacial score (nSPS) is 13.1. The zero-order valence-electron chi connectivity index (χ0n) is 32.0. The first kappa shape index (κ1) is 32.7. The summed E-state index contributed by atoms with van der Waals surface area (Å²) in [5.74, 6) is 1.41. The highest BCUT2D eigenvalue weighted by atomic mass is 16.3. The van der Waals surface area contributed by atoms with Crippen LogP contribution >= 0.6 is 0 Å². The lowest BCUT2D eigenvalue weighted by Gasteiger charge is -2.29. The Hall–Kier alpha value is -7.50. The van der Waals surface area contributed by atoms with E-state index in [1.165, 1.54) is 27.8 Å². The third kappa shape index (κ3) is 4.71. The monoisotopic (exact) mass is 744 g/mol. The molecule has 11 aromatic rings. The molecular weight excluding hydrogens is 709 g/mol. The Kier molecular flexibility index (Phi) is 6.91. The first-order chi connectivity index (χ1) is 28.5. The lowest BCUT2D eigenvalue weighted by Crippen LogP contribution is -2.17. The number of hydrogen-bond acceptors (Lipinski definition) is 4. The van der Waals surface area contributed by atoms with E-state index in [0.29, 0.717) is 5.95 Å². The van der Waals surface area contributed by atoms with Crippen molar-refractivity contribution in [1.82, 2.24) is 14.5 Å². The molecule has 5 heteroatoms. The molecule has 0 atom stereocenters. The van der Waals surface area contributed by atoms with Crippen molar-refractivity contribution in [2.75, 3.05) is 4.90 Å². The molecule has 58 heavy (non-hydrogen) atoms. The number of aromatic nitrogens is 3. The van der Waals surface area contributed by atoms with E-state index in [4.69, 9.17) is 14.4 Å². The van der Waals surface area contributed by atoms with Crippen molar-refractivity contribution in [2.24, 2.45) is 0 Å². The maximum atomic E-state index is 6.40.